The minimum Gasteiger partial charge on any atom is -0.486 e. The van der Waals surface area contributed by atoms with Crippen molar-refractivity contribution in [3.63, 3.8) is 0 Å². The number of nitriles is 1. The van der Waals surface area contributed by atoms with Gasteiger partial charge in [0.1, 0.15) is 25.6 Å². The van der Waals surface area contributed by atoms with E-state index in [4.69, 9.17) is 9.47 Å². The molecule has 3 heterocycles. The van der Waals surface area contributed by atoms with Crippen LogP contribution in [0.4, 0.5) is 5.69 Å². The number of carbonyl (C=O) groups excluding carboxylic acids is 1. The van der Waals surface area contributed by atoms with Crippen LogP contribution in [0.1, 0.15) is 21.5 Å². The molecule has 0 spiro atoms. The molecule has 1 aliphatic rings. The summed E-state index contributed by atoms with van der Waals surface area (Å²) in [5.41, 5.74) is 3.68. The molecule has 1 N–H and O–H groups in total. The molecule has 0 saturated carbocycles. The Morgan fingerprint density at radius 1 is 1.19 bits per heavy atom. The van der Waals surface area contributed by atoms with E-state index < -0.39 is 5.91 Å². The van der Waals surface area contributed by atoms with Crippen LogP contribution in [0.15, 0.2) is 61.6 Å². The van der Waals surface area contributed by atoms with E-state index >= 15 is 0 Å². The largest absolute Gasteiger partial charge is 0.486 e. The SMILES string of the molecule is C=Cc1cc(C(=O)Nc2cccc(-c3ccc4c(c3)OCCO4)c2C#N)c2nncn2c1. The van der Waals surface area contributed by atoms with Gasteiger partial charge in [0.05, 0.1) is 16.8 Å². The Bertz CT molecular complexity index is 1420. The summed E-state index contributed by atoms with van der Waals surface area (Å²) in [5, 5.41) is 20.7. The number of carbonyl (C=O) groups is 1. The van der Waals surface area contributed by atoms with Gasteiger partial charge >= 0.3 is 0 Å². The predicted molar refractivity (Wildman–Crippen MR) is 119 cm³/mol. The van der Waals surface area contributed by atoms with Gasteiger partial charge < -0.3 is 14.8 Å². The highest BCUT2D eigenvalue weighted by atomic mass is 16.6. The minimum absolute atomic E-state index is 0.327. The van der Waals surface area contributed by atoms with Crippen molar-refractivity contribution in [2.24, 2.45) is 0 Å². The van der Waals surface area contributed by atoms with Gasteiger partial charge in [-0.2, -0.15) is 5.26 Å². The number of fused-ring (bicyclic) bond motifs is 2. The summed E-state index contributed by atoms with van der Waals surface area (Å²) in [6.45, 7) is 4.74. The van der Waals surface area contributed by atoms with E-state index in [0.29, 0.717) is 52.7 Å². The maximum atomic E-state index is 13.1. The second-order valence-corrected chi connectivity index (χ2v) is 7.11. The molecule has 8 nitrogen and oxygen atoms in total. The van der Waals surface area contributed by atoms with Crippen LogP contribution in [-0.4, -0.2) is 33.7 Å². The zero-order valence-corrected chi connectivity index (χ0v) is 16.9. The van der Waals surface area contributed by atoms with Crippen molar-refractivity contribution < 1.29 is 14.3 Å². The van der Waals surface area contributed by atoms with Crippen molar-refractivity contribution in [2.75, 3.05) is 18.5 Å². The summed E-state index contributed by atoms with van der Waals surface area (Å²) in [6, 6.07) is 14.7. The molecule has 0 unspecified atom stereocenters. The lowest BCUT2D eigenvalue weighted by Gasteiger charge is -2.19. The highest BCUT2D eigenvalue weighted by molar-refractivity contribution is 6.09. The Morgan fingerprint density at radius 3 is 2.84 bits per heavy atom. The molecule has 2 aromatic carbocycles. The number of nitrogens with zero attached hydrogens (tertiary/aromatic N) is 4. The monoisotopic (exact) mass is 423 g/mol. The fourth-order valence-corrected chi connectivity index (χ4v) is 3.66. The predicted octanol–water partition coefficient (Wildman–Crippen LogP) is 3.93. The normalized spacial score (nSPS) is 12.2. The maximum absolute atomic E-state index is 13.1. The molecule has 32 heavy (non-hydrogen) atoms. The Hall–Kier alpha value is -4.64. The highest BCUT2D eigenvalue weighted by Crippen LogP contribution is 2.37. The first-order valence-corrected chi connectivity index (χ1v) is 9.88. The van der Waals surface area contributed by atoms with E-state index in [-0.39, 0.29) is 0 Å². The highest BCUT2D eigenvalue weighted by Gasteiger charge is 2.19. The minimum atomic E-state index is -0.400. The van der Waals surface area contributed by atoms with Crippen LogP contribution in [0.3, 0.4) is 0 Å². The molecule has 8 heteroatoms. The number of nitrogens with one attached hydrogen (secondary N) is 1. The molecule has 2 aromatic heterocycles. The van der Waals surface area contributed by atoms with Crippen molar-refractivity contribution in [3.8, 4) is 28.7 Å². The van der Waals surface area contributed by atoms with Crippen molar-refractivity contribution in [3.05, 3.63) is 78.3 Å². The molecule has 0 radical (unpaired) electrons. The Labute approximate surface area is 183 Å². The fraction of sp³-hybridized carbons (Fsp3) is 0.0833. The zero-order chi connectivity index (χ0) is 22.1. The maximum Gasteiger partial charge on any atom is 0.259 e. The molecule has 0 fully saturated rings. The average molecular weight is 423 g/mol. The topological polar surface area (TPSA) is 102 Å². The second kappa shape index (κ2) is 7.89. The third-order valence-electron chi connectivity index (χ3n) is 5.17. The molecule has 1 amide bonds. The van der Waals surface area contributed by atoms with Crippen molar-refractivity contribution in [2.45, 2.75) is 0 Å². The first-order chi connectivity index (χ1) is 15.7. The number of benzene rings is 2. The van der Waals surface area contributed by atoms with Crippen LogP contribution in [0, 0.1) is 11.3 Å². The molecular formula is C24H17N5O3. The summed E-state index contributed by atoms with van der Waals surface area (Å²) >= 11 is 0. The van der Waals surface area contributed by atoms with E-state index in [1.165, 1.54) is 6.33 Å². The van der Waals surface area contributed by atoms with Crippen LogP contribution in [-0.2, 0) is 0 Å². The molecule has 0 saturated heterocycles. The summed E-state index contributed by atoms with van der Waals surface area (Å²) < 4.78 is 12.9. The number of amides is 1. The third-order valence-corrected chi connectivity index (χ3v) is 5.17. The number of anilines is 1. The van der Waals surface area contributed by atoms with Crippen LogP contribution in [0.25, 0.3) is 22.9 Å². The van der Waals surface area contributed by atoms with Crippen LogP contribution < -0.4 is 14.8 Å². The van der Waals surface area contributed by atoms with E-state index in [9.17, 15) is 10.1 Å². The van der Waals surface area contributed by atoms with E-state index in [2.05, 4.69) is 28.2 Å². The number of aromatic nitrogens is 3. The molecule has 5 rings (SSSR count). The molecule has 156 valence electrons. The number of hydrogen-bond donors (Lipinski definition) is 1. The van der Waals surface area contributed by atoms with Crippen molar-refractivity contribution in [1.82, 2.24) is 14.6 Å². The number of hydrogen-bond acceptors (Lipinski definition) is 6. The van der Waals surface area contributed by atoms with Gasteiger partial charge in [0, 0.05) is 11.8 Å². The zero-order valence-electron chi connectivity index (χ0n) is 16.9. The van der Waals surface area contributed by atoms with E-state index in [0.717, 1.165) is 11.1 Å². The lowest BCUT2D eigenvalue weighted by atomic mass is 9.98. The molecule has 1 aliphatic heterocycles. The lowest BCUT2D eigenvalue weighted by molar-refractivity contribution is 0.102. The number of rotatable bonds is 4. The van der Waals surface area contributed by atoms with Gasteiger partial charge in [0.2, 0.25) is 0 Å². The quantitative estimate of drug-likeness (QED) is 0.534. The number of ether oxygens (including phenoxy) is 2. The summed E-state index contributed by atoms with van der Waals surface area (Å²) in [5.74, 6) is 0.896. The molecule has 0 aliphatic carbocycles. The van der Waals surface area contributed by atoms with Gasteiger partial charge in [0.15, 0.2) is 17.1 Å². The van der Waals surface area contributed by atoms with Gasteiger partial charge in [-0.15, -0.1) is 10.2 Å². The Balaban J connectivity index is 1.53. The first-order valence-electron chi connectivity index (χ1n) is 9.88. The van der Waals surface area contributed by atoms with Gasteiger partial charge in [-0.3, -0.25) is 9.20 Å². The van der Waals surface area contributed by atoms with Gasteiger partial charge in [-0.05, 0) is 35.4 Å². The fourth-order valence-electron chi connectivity index (χ4n) is 3.66. The van der Waals surface area contributed by atoms with Gasteiger partial charge in [-0.1, -0.05) is 30.9 Å². The standard InChI is InChI=1S/C24H17N5O3/c1-2-15-10-18(23-28-26-14-29(23)13-15)24(30)27-20-5-3-4-17(19(20)12-25)16-6-7-21-22(11-16)32-9-8-31-21/h2-7,10-11,13-14H,1,8-9H2,(H,27,30). The van der Waals surface area contributed by atoms with Crippen LogP contribution in [0.5, 0.6) is 11.5 Å². The van der Waals surface area contributed by atoms with Crippen LogP contribution >= 0.6 is 0 Å². The van der Waals surface area contributed by atoms with E-state index in [1.807, 2.05) is 24.3 Å². The number of pyridine rings is 1. The second-order valence-electron chi connectivity index (χ2n) is 7.11. The lowest BCUT2D eigenvalue weighted by Crippen LogP contribution is -2.15. The van der Waals surface area contributed by atoms with Gasteiger partial charge in [0.25, 0.3) is 5.91 Å². The Morgan fingerprint density at radius 2 is 2.03 bits per heavy atom. The average Bonchev–Trinajstić information content (AvgIpc) is 3.31. The summed E-state index contributed by atoms with van der Waals surface area (Å²) in [4.78, 5) is 13.1. The van der Waals surface area contributed by atoms with Crippen molar-refractivity contribution in [1.29, 1.82) is 5.26 Å². The Kier molecular flexibility index (Phi) is 4.76. The van der Waals surface area contributed by atoms with E-state index in [1.54, 1.807) is 34.9 Å². The summed E-state index contributed by atoms with van der Waals surface area (Å²) in [7, 11) is 0. The van der Waals surface area contributed by atoms with Gasteiger partial charge in [-0.25, -0.2) is 0 Å². The van der Waals surface area contributed by atoms with Crippen molar-refractivity contribution >= 4 is 23.3 Å². The molecule has 0 bridgehead atoms. The molecule has 0 atom stereocenters. The summed E-state index contributed by atoms with van der Waals surface area (Å²) in [6.07, 6.45) is 4.93. The molecular weight excluding hydrogens is 406 g/mol. The third kappa shape index (κ3) is 3.32. The smallest absolute Gasteiger partial charge is 0.259 e. The molecule has 4 aromatic rings. The van der Waals surface area contributed by atoms with Crippen LogP contribution in [0.2, 0.25) is 0 Å². The first kappa shape index (κ1) is 19.3.